The van der Waals surface area contributed by atoms with Crippen molar-refractivity contribution >= 4 is 17.3 Å². The maximum atomic E-state index is 12.7. The van der Waals surface area contributed by atoms with E-state index < -0.39 is 11.7 Å². The first kappa shape index (κ1) is 15.4. The SMILES string of the molecule is CCC1CC(Nc2cc(C(F)(F)F)ccc2Cl)CCO1. The Labute approximate surface area is 121 Å². The van der Waals surface area contributed by atoms with Crippen LogP contribution in [0.5, 0.6) is 0 Å². The van der Waals surface area contributed by atoms with E-state index >= 15 is 0 Å². The Kier molecular flexibility index (Phi) is 4.81. The molecule has 1 aromatic rings. The number of nitrogens with one attached hydrogen (secondary N) is 1. The molecule has 0 bridgehead atoms. The summed E-state index contributed by atoms with van der Waals surface area (Å²) in [6.45, 7) is 2.65. The summed E-state index contributed by atoms with van der Waals surface area (Å²) in [5, 5.41) is 3.42. The van der Waals surface area contributed by atoms with E-state index in [-0.39, 0.29) is 12.1 Å². The number of anilines is 1. The molecule has 2 rings (SSSR count). The van der Waals surface area contributed by atoms with Gasteiger partial charge in [-0.1, -0.05) is 18.5 Å². The highest BCUT2D eigenvalue weighted by Crippen LogP contribution is 2.34. The lowest BCUT2D eigenvalue weighted by Crippen LogP contribution is -2.33. The molecule has 0 aliphatic carbocycles. The van der Waals surface area contributed by atoms with Crippen LogP contribution in [0, 0.1) is 0 Å². The van der Waals surface area contributed by atoms with Gasteiger partial charge in [0, 0.05) is 12.6 Å². The maximum absolute atomic E-state index is 12.7. The fraction of sp³-hybridized carbons (Fsp3) is 0.571. The van der Waals surface area contributed by atoms with Gasteiger partial charge < -0.3 is 10.1 Å². The van der Waals surface area contributed by atoms with E-state index in [1.54, 1.807) is 0 Å². The summed E-state index contributed by atoms with van der Waals surface area (Å²) in [5.74, 6) is 0. The van der Waals surface area contributed by atoms with Crippen molar-refractivity contribution in [1.82, 2.24) is 0 Å². The minimum absolute atomic E-state index is 0.0923. The molecule has 0 spiro atoms. The third-order valence-corrected chi connectivity index (χ3v) is 3.81. The fourth-order valence-electron chi connectivity index (χ4n) is 2.33. The van der Waals surface area contributed by atoms with Crippen LogP contribution in [0.1, 0.15) is 31.7 Å². The molecular weight excluding hydrogens is 291 g/mol. The van der Waals surface area contributed by atoms with Gasteiger partial charge in [-0.15, -0.1) is 0 Å². The van der Waals surface area contributed by atoms with Crippen LogP contribution in [0.15, 0.2) is 18.2 Å². The molecule has 1 aliphatic rings. The van der Waals surface area contributed by atoms with Gasteiger partial charge >= 0.3 is 6.18 Å². The molecule has 6 heteroatoms. The first-order valence-corrected chi connectivity index (χ1v) is 7.03. The predicted octanol–water partition coefficient (Wildman–Crippen LogP) is 4.73. The highest BCUT2D eigenvalue weighted by atomic mass is 35.5. The Morgan fingerprint density at radius 3 is 2.80 bits per heavy atom. The maximum Gasteiger partial charge on any atom is 0.416 e. The largest absolute Gasteiger partial charge is 0.416 e. The molecule has 0 radical (unpaired) electrons. The quantitative estimate of drug-likeness (QED) is 0.871. The smallest absolute Gasteiger partial charge is 0.381 e. The lowest BCUT2D eigenvalue weighted by atomic mass is 10.0. The molecule has 0 aromatic heterocycles. The van der Waals surface area contributed by atoms with Gasteiger partial charge in [0.2, 0.25) is 0 Å². The van der Waals surface area contributed by atoms with E-state index in [0.717, 1.165) is 31.4 Å². The van der Waals surface area contributed by atoms with Gasteiger partial charge in [0.1, 0.15) is 0 Å². The fourth-order valence-corrected chi connectivity index (χ4v) is 2.50. The molecule has 0 saturated carbocycles. The van der Waals surface area contributed by atoms with Crippen molar-refractivity contribution in [2.75, 3.05) is 11.9 Å². The minimum Gasteiger partial charge on any atom is -0.381 e. The van der Waals surface area contributed by atoms with E-state index in [0.29, 0.717) is 17.3 Å². The molecule has 1 saturated heterocycles. The zero-order valence-corrected chi connectivity index (χ0v) is 11.9. The van der Waals surface area contributed by atoms with Crippen molar-refractivity contribution in [1.29, 1.82) is 0 Å². The van der Waals surface area contributed by atoms with Crippen molar-refractivity contribution in [2.45, 2.75) is 44.5 Å². The summed E-state index contributed by atoms with van der Waals surface area (Å²) >= 11 is 5.97. The van der Waals surface area contributed by atoms with E-state index in [1.165, 1.54) is 6.07 Å². The Morgan fingerprint density at radius 1 is 1.40 bits per heavy atom. The third kappa shape index (κ3) is 3.79. The molecule has 0 amide bonds. The van der Waals surface area contributed by atoms with Crippen LogP contribution < -0.4 is 5.32 Å². The number of ether oxygens (including phenoxy) is 1. The number of alkyl halides is 3. The number of hydrogen-bond acceptors (Lipinski definition) is 2. The zero-order valence-electron chi connectivity index (χ0n) is 11.1. The van der Waals surface area contributed by atoms with Crippen LogP contribution >= 0.6 is 11.6 Å². The van der Waals surface area contributed by atoms with Crippen LogP contribution in [-0.2, 0) is 10.9 Å². The van der Waals surface area contributed by atoms with E-state index in [4.69, 9.17) is 16.3 Å². The van der Waals surface area contributed by atoms with E-state index in [1.807, 2.05) is 6.92 Å². The van der Waals surface area contributed by atoms with Crippen molar-refractivity contribution < 1.29 is 17.9 Å². The van der Waals surface area contributed by atoms with Crippen LogP contribution in [-0.4, -0.2) is 18.8 Å². The molecule has 1 heterocycles. The number of rotatable bonds is 3. The summed E-state index contributed by atoms with van der Waals surface area (Å²) in [7, 11) is 0. The normalized spacial score (nSPS) is 23.6. The number of halogens is 4. The van der Waals surface area contributed by atoms with Crippen molar-refractivity contribution in [3.63, 3.8) is 0 Å². The topological polar surface area (TPSA) is 21.3 Å². The molecular formula is C14H17ClF3NO. The summed E-state index contributed by atoms with van der Waals surface area (Å²) in [6.07, 6.45) is -1.76. The van der Waals surface area contributed by atoms with Gasteiger partial charge in [0.15, 0.2) is 0 Å². The molecule has 1 fully saturated rings. The second kappa shape index (κ2) is 6.22. The second-order valence-corrected chi connectivity index (χ2v) is 5.37. The molecule has 2 unspecified atom stereocenters. The minimum atomic E-state index is -4.36. The molecule has 1 N–H and O–H groups in total. The predicted molar refractivity (Wildman–Crippen MR) is 73.1 cm³/mol. The van der Waals surface area contributed by atoms with Gasteiger partial charge in [-0.25, -0.2) is 0 Å². The molecule has 1 aromatic carbocycles. The lowest BCUT2D eigenvalue weighted by molar-refractivity contribution is -0.137. The number of benzene rings is 1. The molecule has 2 atom stereocenters. The second-order valence-electron chi connectivity index (χ2n) is 4.96. The first-order valence-electron chi connectivity index (χ1n) is 6.65. The average Bonchev–Trinajstić information content (AvgIpc) is 2.40. The van der Waals surface area contributed by atoms with Crippen LogP contribution in [0.2, 0.25) is 5.02 Å². The van der Waals surface area contributed by atoms with Gasteiger partial charge in [-0.3, -0.25) is 0 Å². The highest BCUT2D eigenvalue weighted by molar-refractivity contribution is 6.33. The van der Waals surface area contributed by atoms with Gasteiger partial charge in [0.25, 0.3) is 0 Å². The Bertz CT molecular complexity index is 464. The van der Waals surface area contributed by atoms with Crippen molar-refractivity contribution in [3.05, 3.63) is 28.8 Å². The van der Waals surface area contributed by atoms with Gasteiger partial charge in [0.05, 0.1) is 22.4 Å². The summed E-state index contributed by atoms with van der Waals surface area (Å²) in [4.78, 5) is 0. The Morgan fingerprint density at radius 2 is 2.15 bits per heavy atom. The van der Waals surface area contributed by atoms with Crippen LogP contribution in [0.25, 0.3) is 0 Å². The highest BCUT2D eigenvalue weighted by Gasteiger charge is 2.31. The third-order valence-electron chi connectivity index (χ3n) is 3.48. The zero-order chi connectivity index (χ0) is 14.8. The van der Waals surface area contributed by atoms with Crippen LogP contribution in [0.3, 0.4) is 0 Å². The van der Waals surface area contributed by atoms with Gasteiger partial charge in [-0.05, 0) is 37.5 Å². The van der Waals surface area contributed by atoms with E-state index in [2.05, 4.69) is 5.32 Å². The molecule has 112 valence electrons. The molecule has 2 nitrogen and oxygen atoms in total. The summed E-state index contributed by atoms with van der Waals surface area (Å²) < 4.78 is 43.7. The van der Waals surface area contributed by atoms with Crippen molar-refractivity contribution in [2.24, 2.45) is 0 Å². The summed E-state index contributed by atoms with van der Waals surface area (Å²) in [6, 6.07) is 3.43. The molecule has 20 heavy (non-hydrogen) atoms. The Hall–Kier alpha value is -0.940. The average molecular weight is 308 g/mol. The summed E-state index contributed by atoms with van der Waals surface area (Å²) in [5.41, 5.74) is -0.355. The van der Waals surface area contributed by atoms with E-state index in [9.17, 15) is 13.2 Å². The van der Waals surface area contributed by atoms with Crippen LogP contribution in [0.4, 0.5) is 18.9 Å². The standard InChI is InChI=1S/C14H17ClF3NO/c1-2-11-8-10(5-6-20-11)19-13-7-9(14(16,17)18)3-4-12(13)15/h3-4,7,10-11,19H,2,5-6,8H2,1H3. The lowest BCUT2D eigenvalue weighted by Gasteiger charge is -2.30. The molecule has 1 aliphatic heterocycles. The number of hydrogen-bond donors (Lipinski definition) is 1. The van der Waals surface area contributed by atoms with Crippen molar-refractivity contribution in [3.8, 4) is 0 Å². The van der Waals surface area contributed by atoms with Gasteiger partial charge in [-0.2, -0.15) is 13.2 Å². The monoisotopic (exact) mass is 307 g/mol. The Balaban J connectivity index is 2.12. The first-order chi connectivity index (χ1) is 9.40.